The second kappa shape index (κ2) is 7.26. The average molecular weight is 353 g/mol. The highest BCUT2D eigenvalue weighted by molar-refractivity contribution is 5.82. The fourth-order valence-electron chi connectivity index (χ4n) is 2.74. The van der Waals surface area contributed by atoms with E-state index in [1.54, 1.807) is 38.5 Å². The third kappa shape index (κ3) is 3.37. The molecule has 1 aromatic heterocycles. The van der Waals surface area contributed by atoms with Crippen LogP contribution in [-0.2, 0) is 11.2 Å². The van der Waals surface area contributed by atoms with E-state index in [4.69, 9.17) is 9.47 Å². The molecule has 0 aliphatic carbocycles. The summed E-state index contributed by atoms with van der Waals surface area (Å²) >= 11 is 0. The van der Waals surface area contributed by atoms with E-state index in [0.29, 0.717) is 34.6 Å². The number of nitrogens with zero attached hydrogens (tertiary/aromatic N) is 2. The van der Waals surface area contributed by atoms with E-state index in [0.717, 1.165) is 5.56 Å². The van der Waals surface area contributed by atoms with Crippen LogP contribution in [0.4, 0.5) is 0 Å². The predicted molar refractivity (Wildman–Crippen MR) is 98.4 cm³/mol. The minimum atomic E-state index is -0.349. The van der Waals surface area contributed by atoms with Crippen LogP contribution in [-0.4, -0.2) is 29.8 Å². The molecule has 0 unspecified atom stereocenters. The fraction of sp³-hybridized carbons (Fsp3) is 0.211. The van der Waals surface area contributed by atoms with Gasteiger partial charge < -0.3 is 9.47 Å². The van der Waals surface area contributed by atoms with Gasteiger partial charge in [0.25, 0.3) is 5.56 Å². The van der Waals surface area contributed by atoms with Gasteiger partial charge >= 0.3 is 0 Å². The Hall–Kier alpha value is -3.35. The Morgan fingerprint density at radius 3 is 2.54 bits per heavy atom. The van der Waals surface area contributed by atoms with Crippen LogP contribution >= 0.6 is 0 Å². The Balaban J connectivity index is 2.11. The molecule has 134 valence electrons. The summed E-state index contributed by atoms with van der Waals surface area (Å²) < 4.78 is 11.8. The summed E-state index contributed by atoms with van der Waals surface area (Å²) in [6, 6.07) is 12.5. The van der Waals surface area contributed by atoms with E-state index >= 15 is 0 Å². The summed E-state index contributed by atoms with van der Waals surface area (Å²) in [4.78, 5) is 28.9. The van der Waals surface area contributed by atoms with Gasteiger partial charge in [0.15, 0.2) is 11.5 Å². The number of hydrogen-bond donors (Lipinski definition) is 1. The predicted octanol–water partition coefficient (Wildman–Crippen LogP) is 2.09. The van der Waals surface area contributed by atoms with E-state index in [1.165, 1.54) is 11.6 Å². The first-order valence-corrected chi connectivity index (χ1v) is 8.02. The zero-order valence-electron chi connectivity index (χ0n) is 14.8. The molecule has 3 rings (SSSR count). The van der Waals surface area contributed by atoms with Crippen molar-refractivity contribution in [3.05, 3.63) is 64.2 Å². The van der Waals surface area contributed by atoms with E-state index in [2.05, 4.69) is 10.4 Å². The molecule has 0 spiro atoms. The van der Waals surface area contributed by atoms with Gasteiger partial charge in [-0.2, -0.15) is 0 Å². The number of amides is 1. The van der Waals surface area contributed by atoms with E-state index in [1.807, 2.05) is 18.2 Å². The lowest BCUT2D eigenvalue weighted by Crippen LogP contribution is -2.35. The van der Waals surface area contributed by atoms with Gasteiger partial charge in [0.05, 0.1) is 25.1 Å². The molecule has 3 aromatic rings. The Bertz CT molecular complexity index is 1030. The Morgan fingerprint density at radius 1 is 1.12 bits per heavy atom. The molecule has 0 fully saturated rings. The molecular formula is C19H19N3O4. The molecular weight excluding hydrogens is 334 g/mol. The first-order valence-electron chi connectivity index (χ1n) is 8.02. The fourth-order valence-corrected chi connectivity index (χ4v) is 2.74. The highest BCUT2D eigenvalue weighted by atomic mass is 16.5. The van der Waals surface area contributed by atoms with E-state index < -0.39 is 0 Å². The molecule has 1 N–H and O–H groups in total. The lowest BCUT2D eigenvalue weighted by Gasteiger charge is -2.14. The van der Waals surface area contributed by atoms with Crippen molar-refractivity contribution in [3.8, 4) is 11.5 Å². The number of ether oxygens (including phenoxy) is 2. The van der Waals surface area contributed by atoms with Crippen molar-refractivity contribution in [2.24, 2.45) is 0 Å². The molecule has 0 saturated carbocycles. The van der Waals surface area contributed by atoms with Crippen molar-refractivity contribution >= 4 is 16.8 Å². The Morgan fingerprint density at radius 2 is 1.85 bits per heavy atom. The molecule has 0 atom stereocenters. The molecule has 7 nitrogen and oxygen atoms in total. The highest BCUT2D eigenvalue weighted by Crippen LogP contribution is 2.28. The van der Waals surface area contributed by atoms with Crippen molar-refractivity contribution in [2.75, 3.05) is 19.6 Å². The number of aromatic nitrogens is 2. The number of fused-ring (bicyclic) bond motifs is 1. The molecule has 0 saturated heterocycles. The molecule has 7 heteroatoms. The Labute approximate surface area is 150 Å². The van der Waals surface area contributed by atoms with Gasteiger partial charge in [-0.15, -0.1) is 0 Å². The summed E-state index contributed by atoms with van der Waals surface area (Å²) in [5.41, 5.74) is 3.68. The van der Waals surface area contributed by atoms with Gasteiger partial charge in [0, 0.05) is 13.3 Å². The number of para-hydroxylation sites is 1. The van der Waals surface area contributed by atoms with Gasteiger partial charge in [-0.1, -0.05) is 18.2 Å². The van der Waals surface area contributed by atoms with Gasteiger partial charge in [0.2, 0.25) is 5.91 Å². The van der Waals surface area contributed by atoms with Crippen molar-refractivity contribution in [1.29, 1.82) is 0 Å². The van der Waals surface area contributed by atoms with Crippen LogP contribution in [0.3, 0.4) is 0 Å². The number of benzene rings is 2. The normalized spacial score (nSPS) is 10.6. The summed E-state index contributed by atoms with van der Waals surface area (Å²) in [6.45, 7) is 1.35. The molecule has 0 radical (unpaired) electrons. The average Bonchev–Trinajstić information content (AvgIpc) is 2.64. The topological polar surface area (TPSA) is 82.5 Å². The number of rotatable bonds is 5. The standard InChI is InChI=1S/C19H19N3O4/c1-12(23)21-22-18(20-15-7-5-4-6-14(15)19(22)24)11-13-8-9-16(25-2)17(10-13)26-3/h4-10H,11H2,1-3H3,(H,21,23). The first kappa shape index (κ1) is 17.5. The maximum atomic E-state index is 12.8. The van der Waals surface area contributed by atoms with E-state index in [9.17, 15) is 9.59 Å². The molecule has 1 amide bonds. The SMILES string of the molecule is COc1ccc(Cc2nc3ccccc3c(=O)n2NC(C)=O)cc1OC. The minimum Gasteiger partial charge on any atom is -0.493 e. The van der Waals surface area contributed by atoms with Crippen LogP contribution in [0.15, 0.2) is 47.3 Å². The maximum absolute atomic E-state index is 12.8. The zero-order valence-corrected chi connectivity index (χ0v) is 14.8. The van der Waals surface area contributed by atoms with Crippen molar-refractivity contribution in [1.82, 2.24) is 9.66 Å². The van der Waals surface area contributed by atoms with Gasteiger partial charge in [-0.05, 0) is 29.8 Å². The second-order valence-corrected chi connectivity index (χ2v) is 5.72. The lowest BCUT2D eigenvalue weighted by molar-refractivity contribution is -0.115. The van der Waals surface area contributed by atoms with Crippen molar-refractivity contribution in [3.63, 3.8) is 0 Å². The zero-order chi connectivity index (χ0) is 18.7. The number of nitrogens with one attached hydrogen (secondary N) is 1. The smallest absolute Gasteiger partial charge is 0.280 e. The number of carbonyl (C=O) groups excluding carboxylic acids is 1. The summed E-state index contributed by atoms with van der Waals surface area (Å²) in [5.74, 6) is 1.27. The Kier molecular flexibility index (Phi) is 4.88. The van der Waals surface area contributed by atoms with Crippen LogP contribution in [0, 0.1) is 0 Å². The second-order valence-electron chi connectivity index (χ2n) is 5.72. The maximum Gasteiger partial charge on any atom is 0.280 e. The molecule has 2 aromatic carbocycles. The van der Waals surface area contributed by atoms with Crippen LogP contribution < -0.4 is 20.5 Å². The summed E-state index contributed by atoms with van der Waals surface area (Å²) in [7, 11) is 3.13. The number of hydrogen-bond acceptors (Lipinski definition) is 5. The first-order chi connectivity index (χ1) is 12.5. The van der Waals surface area contributed by atoms with Gasteiger partial charge in [-0.25, -0.2) is 9.66 Å². The minimum absolute atomic E-state index is 0.318. The quantitative estimate of drug-likeness (QED) is 0.759. The monoisotopic (exact) mass is 353 g/mol. The number of methoxy groups -OCH3 is 2. The number of carbonyl (C=O) groups is 1. The van der Waals surface area contributed by atoms with Crippen LogP contribution in [0.2, 0.25) is 0 Å². The molecule has 0 aliphatic heterocycles. The summed E-state index contributed by atoms with van der Waals surface area (Å²) in [6.07, 6.45) is 0.334. The van der Waals surface area contributed by atoms with Crippen molar-refractivity contribution < 1.29 is 14.3 Å². The molecule has 1 heterocycles. The van der Waals surface area contributed by atoms with Gasteiger partial charge in [-0.3, -0.25) is 15.0 Å². The van der Waals surface area contributed by atoms with Crippen LogP contribution in [0.5, 0.6) is 11.5 Å². The molecule has 0 bridgehead atoms. The third-order valence-corrected chi connectivity index (χ3v) is 3.92. The van der Waals surface area contributed by atoms with Crippen molar-refractivity contribution in [2.45, 2.75) is 13.3 Å². The van der Waals surface area contributed by atoms with E-state index in [-0.39, 0.29) is 11.5 Å². The summed E-state index contributed by atoms with van der Waals surface area (Å²) in [5, 5.41) is 0.442. The lowest BCUT2D eigenvalue weighted by atomic mass is 10.1. The molecule has 26 heavy (non-hydrogen) atoms. The third-order valence-electron chi connectivity index (χ3n) is 3.92. The molecule has 0 aliphatic rings. The largest absolute Gasteiger partial charge is 0.493 e. The van der Waals surface area contributed by atoms with Gasteiger partial charge in [0.1, 0.15) is 5.82 Å². The van der Waals surface area contributed by atoms with Crippen LogP contribution in [0.1, 0.15) is 18.3 Å². The highest BCUT2D eigenvalue weighted by Gasteiger charge is 2.14. The van der Waals surface area contributed by atoms with Crippen LogP contribution in [0.25, 0.3) is 10.9 Å².